The summed E-state index contributed by atoms with van der Waals surface area (Å²) in [5, 5.41) is 12.3. The Morgan fingerprint density at radius 1 is 1.47 bits per heavy atom. The Morgan fingerprint density at radius 3 is 2.74 bits per heavy atom. The van der Waals surface area contributed by atoms with E-state index in [9.17, 15) is 4.79 Å². The van der Waals surface area contributed by atoms with Gasteiger partial charge in [0, 0.05) is 23.0 Å². The van der Waals surface area contributed by atoms with Gasteiger partial charge >= 0.3 is 5.97 Å². The summed E-state index contributed by atoms with van der Waals surface area (Å²) in [4.78, 5) is 10.8. The van der Waals surface area contributed by atoms with Crippen LogP contribution in [-0.2, 0) is 15.1 Å². The summed E-state index contributed by atoms with van der Waals surface area (Å²) in [6.07, 6.45) is 1.92. The van der Waals surface area contributed by atoms with Crippen molar-refractivity contribution in [2.24, 2.45) is 5.92 Å². The fraction of sp³-hybridized carbons (Fsp3) is 0.500. The minimum atomic E-state index is -0.910. The van der Waals surface area contributed by atoms with E-state index in [1.807, 2.05) is 24.3 Å². The molecule has 2 fully saturated rings. The molecule has 1 aliphatic carbocycles. The van der Waals surface area contributed by atoms with E-state index in [0.29, 0.717) is 12.0 Å². The minimum absolute atomic E-state index is 0.237. The third-order valence-electron chi connectivity index (χ3n) is 4.22. The molecule has 0 radical (unpaired) electrons. The highest BCUT2D eigenvalue weighted by atomic mass is 79.9. The summed E-state index contributed by atoms with van der Waals surface area (Å²) >= 11 is 3.43. The van der Waals surface area contributed by atoms with Crippen LogP contribution in [0.25, 0.3) is 0 Å². The zero-order chi connectivity index (χ0) is 13.5. The first-order valence-corrected chi connectivity index (χ1v) is 7.24. The lowest BCUT2D eigenvalue weighted by atomic mass is 9.82. The Hall–Kier alpha value is -0.910. The zero-order valence-electron chi connectivity index (χ0n) is 10.4. The van der Waals surface area contributed by atoms with Gasteiger partial charge in [-0.1, -0.05) is 28.1 Å². The minimum Gasteiger partial charge on any atom is -0.480 e. The number of halogens is 1. The van der Waals surface area contributed by atoms with E-state index < -0.39 is 11.6 Å². The number of nitrogens with one attached hydrogen (secondary N) is 1. The number of ether oxygens (including phenoxy) is 1. The van der Waals surface area contributed by atoms with Crippen LogP contribution in [0.3, 0.4) is 0 Å². The van der Waals surface area contributed by atoms with Crippen LogP contribution < -0.4 is 5.32 Å². The molecule has 19 heavy (non-hydrogen) atoms. The zero-order valence-corrected chi connectivity index (χ0v) is 12.0. The van der Waals surface area contributed by atoms with E-state index in [4.69, 9.17) is 9.84 Å². The van der Waals surface area contributed by atoms with E-state index in [1.54, 1.807) is 0 Å². The largest absolute Gasteiger partial charge is 0.480 e. The molecule has 1 saturated carbocycles. The number of carboxylic acid groups (broad SMARTS) is 1. The Labute approximate surface area is 120 Å². The molecular formula is C14H16BrNO3. The normalized spacial score (nSPS) is 32.7. The fourth-order valence-electron chi connectivity index (χ4n) is 3.40. The standard InChI is InChI=1S/C14H16BrNO3/c15-11-3-1-9(2-4-11)14(19-8-13(17)18)6-12-5-10(14)7-16-12/h1-4,10,12,16H,5-8H2,(H,17,18). The van der Waals surface area contributed by atoms with Gasteiger partial charge < -0.3 is 15.2 Å². The van der Waals surface area contributed by atoms with Gasteiger partial charge in [0.2, 0.25) is 0 Å². The predicted octanol–water partition coefficient (Wildman–Crippen LogP) is 2.13. The van der Waals surface area contributed by atoms with Crippen LogP contribution in [0, 0.1) is 5.92 Å². The van der Waals surface area contributed by atoms with E-state index in [1.165, 1.54) is 0 Å². The van der Waals surface area contributed by atoms with Crippen molar-refractivity contribution in [3.05, 3.63) is 34.3 Å². The van der Waals surface area contributed by atoms with Gasteiger partial charge in [-0.25, -0.2) is 4.79 Å². The number of aliphatic carboxylic acids is 1. The second-order valence-electron chi connectivity index (χ2n) is 5.32. The predicted molar refractivity (Wildman–Crippen MR) is 73.9 cm³/mol. The van der Waals surface area contributed by atoms with E-state index >= 15 is 0 Å². The van der Waals surface area contributed by atoms with Crippen LogP contribution in [0.1, 0.15) is 18.4 Å². The molecule has 1 heterocycles. The van der Waals surface area contributed by atoms with Crippen molar-refractivity contribution in [3.8, 4) is 0 Å². The van der Waals surface area contributed by atoms with Crippen molar-refractivity contribution >= 4 is 21.9 Å². The van der Waals surface area contributed by atoms with E-state index in [0.717, 1.165) is 29.4 Å². The lowest BCUT2D eigenvalue weighted by Gasteiger charge is -2.38. The molecule has 2 N–H and O–H groups in total. The maximum Gasteiger partial charge on any atom is 0.329 e. The smallest absolute Gasteiger partial charge is 0.329 e. The van der Waals surface area contributed by atoms with Crippen LogP contribution in [0.15, 0.2) is 28.7 Å². The molecule has 3 rings (SSSR count). The summed E-state index contributed by atoms with van der Waals surface area (Å²) in [5.41, 5.74) is 0.653. The lowest BCUT2D eigenvalue weighted by molar-refractivity contribution is -0.155. The van der Waals surface area contributed by atoms with E-state index in [2.05, 4.69) is 21.2 Å². The number of piperidine rings is 1. The number of carboxylic acids is 1. The van der Waals surface area contributed by atoms with Crippen LogP contribution in [0.5, 0.6) is 0 Å². The molecule has 3 unspecified atom stereocenters. The quantitative estimate of drug-likeness (QED) is 0.890. The highest BCUT2D eigenvalue weighted by Crippen LogP contribution is 2.49. The van der Waals surface area contributed by atoms with Gasteiger partial charge in [0.05, 0.1) is 5.60 Å². The average molecular weight is 326 g/mol. The van der Waals surface area contributed by atoms with Gasteiger partial charge in [0.1, 0.15) is 6.61 Å². The summed E-state index contributed by atoms with van der Waals surface area (Å²) in [6.45, 7) is 0.666. The summed E-state index contributed by atoms with van der Waals surface area (Å²) < 4.78 is 6.88. The number of rotatable bonds is 4. The number of fused-ring (bicyclic) bond motifs is 2. The molecule has 0 aromatic heterocycles. The third-order valence-corrected chi connectivity index (χ3v) is 4.75. The van der Waals surface area contributed by atoms with Crippen molar-refractivity contribution < 1.29 is 14.6 Å². The molecule has 102 valence electrons. The van der Waals surface area contributed by atoms with Crippen molar-refractivity contribution in [2.45, 2.75) is 24.5 Å². The molecule has 2 bridgehead atoms. The Bertz CT molecular complexity index is 490. The number of benzene rings is 1. The summed E-state index contributed by atoms with van der Waals surface area (Å²) in [5.74, 6) is -0.551. The Balaban J connectivity index is 1.92. The van der Waals surface area contributed by atoms with Gasteiger partial charge in [-0.05, 0) is 30.5 Å². The third kappa shape index (κ3) is 2.30. The lowest BCUT2D eigenvalue weighted by Crippen LogP contribution is -2.44. The number of hydrogen-bond donors (Lipinski definition) is 2. The molecular weight excluding hydrogens is 310 g/mol. The van der Waals surface area contributed by atoms with Crippen molar-refractivity contribution in [3.63, 3.8) is 0 Å². The van der Waals surface area contributed by atoms with Crippen molar-refractivity contribution in [1.29, 1.82) is 0 Å². The SMILES string of the molecule is O=C(O)COC1(c2ccc(Br)cc2)CC2CC1CN2. The molecule has 1 aromatic rings. The first-order chi connectivity index (χ1) is 9.10. The van der Waals surface area contributed by atoms with Crippen molar-refractivity contribution in [1.82, 2.24) is 5.32 Å². The van der Waals surface area contributed by atoms with Crippen LogP contribution in [0.2, 0.25) is 0 Å². The second kappa shape index (κ2) is 4.89. The molecule has 5 heteroatoms. The summed E-state index contributed by atoms with van der Waals surface area (Å²) in [6, 6.07) is 8.49. The molecule has 0 spiro atoms. The van der Waals surface area contributed by atoms with Gasteiger partial charge in [-0.2, -0.15) is 0 Å². The molecule has 1 saturated heterocycles. The highest BCUT2D eigenvalue weighted by molar-refractivity contribution is 9.10. The Morgan fingerprint density at radius 2 is 2.21 bits per heavy atom. The van der Waals surface area contributed by atoms with Crippen LogP contribution in [-0.4, -0.2) is 30.3 Å². The molecule has 0 amide bonds. The fourth-order valence-corrected chi connectivity index (χ4v) is 3.66. The number of hydrogen-bond acceptors (Lipinski definition) is 3. The molecule has 1 aliphatic heterocycles. The molecule has 3 atom stereocenters. The van der Waals surface area contributed by atoms with Gasteiger partial charge in [0.25, 0.3) is 0 Å². The second-order valence-corrected chi connectivity index (χ2v) is 6.24. The van der Waals surface area contributed by atoms with Crippen LogP contribution in [0.4, 0.5) is 0 Å². The van der Waals surface area contributed by atoms with Gasteiger partial charge in [-0.15, -0.1) is 0 Å². The first kappa shape index (κ1) is 13.1. The average Bonchev–Trinajstić information content (AvgIpc) is 2.98. The molecule has 1 aromatic carbocycles. The molecule has 4 nitrogen and oxygen atoms in total. The molecule has 2 aliphatic rings. The van der Waals surface area contributed by atoms with Crippen molar-refractivity contribution in [2.75, 3.05) is 13.2 Å². The topological polar surface area (TPSA) is 58.6 Å². The van der Waals surface area contributed by atoms with Crippen LogP contribution >= 0.6 is 15.9 Å². The van der Waals surface area contributed by atoms with Gasteiger partial charge in [-0.3, -0.25) is 0 Å². The maximum absolute atomic E-state index is 10.8. The monoisotopic (exact) mass is 325 g/mol. The maximum atomic E-state index is 10.8. The first-order valence-electron chi connectivity index (χ1n) is 6.45. The van der Waals surface area contributed by atoms with Gasteiger partial charge in [0.15, 0.2) is 0 Å². The Kier molecular flexibility index (Phi) is 3.37. The highest BCUT2D eigenvalue weighted by Gasteiger charge is 2.53. The summed E-state index contributed by atoms with van der Waals surface area (Å²) in [7, 11) is 0. The number of carbonyl (C=O) groups is 1. The van der Waals surface area contributed by atoms with E-state index in [-0.39, 0.29) is 6.61 Å².